The summed E-state index contributed by atoms with van der Waals surface area (Å²) >= 11 is 2.81. The molecule has 0 saturated heterocycles. The van der Waals surface area contributed by atoms with E-state index in [4.69, 9.17) is 0 Å². The minimum Gasteiger partial charge on any atom is -0.391 e. The lowest BCUT2D eigenvalue weighted by atomic mass is 10.2. The fourth-order valence-electron chi connectivity index (χ4n) is 1.77. The number of aliphatic hydroxyl groups excluding tert-OH is 1. The molecule has 0 aliphatic rings. The zero-order chi connectivity index (χ0) is 14.0. The minimum absolute atomic E-state index is 0.216. The van der Waals surface area contributed by atoms with Crippen molar-refractivity contribution in [1.82, 2.24) is 4.72 Å². The van der Waals surface area contributed by atoms with E-state index < -0.39 is 10.0 Å². The topological polar surface area (TPSA) is 66.4 Å². The Morgan fingerprint density at radius 1 is 1.21 bits per heavy atom. The van der Waals surface area contributed by atoms with Gasteiger partial charge in [-0.15, -0.1) is 11.3 Å². The first-order chi connectivity index (χ1) is 8.95. The number of aryl methyl sites for hydroxylation is 2. The van der Waals surface area contributed by atoms with Crippen molar-refractivity contribution in [3.05, 3.63) is 37.7 Å². The molecule has 0 unspecified atom stereocenters. The Kier molecular flexibility index (Phi) is 4.42. The van der Waals surface area contributed by atoms with Crippen LogP contribution in [0.15, 0.2) is 21.0 Å². The molecule has 0 aliphatic carbocycles. The molecular formula is C12H15NO3S3. The van der Waals surface area contributed by atoms with E-state index in [1.807, 2.05) is 17.7 Å². The molecule has 0 fully saturated rings. The Hall–Kier alpha value is -0.730. The zero-order valence-electron chi connectivity index (χ0n) is 10.6. The SMILES string of the molecule is Cc1cscc1CNS(=O)(=O)c1c(C)csc1CO. The molecule has 0 spiro atoms. The molecule has 4 nitrogen and oxygen atoms in total. The number of sulfonamides is 1. The quantitative estimate of drug-likeness (QED) is 0.890. The van der Waals surface area contributed by atoms with Crippen molar-refractivity contribution in [2.75, 3.05) is 0 Å². The van der Waals surface area contributed by atoms with E-state index in [-0.39, 0.29) is 18.0 Å². The number of hydrogen-bond acceptors (Lipinski definition) is 5. The van der Waals surface area contributed by atoms with Crippen LogP contribution in [0.4, 0.5) is 0 Å². The molecule has 19 heavy (non-hydrogen) atoms. The third-order valence-corrected chi connectivity index (χ3v) is 6.57. The molecule has 0 saturated carbocycles. The summed E-state index contributed by atoms with van der Waals surface area (Å²) in [7, 11) is -3.58. The van der Waals surface area contributed by atoms with Gasteiger partial charge >= 0.3 is 0 Å². The molecule has 2 heterocycles. The van der Waals surface area contributed by atoms with Crippen LogP contribution in [-0.4, -0.2) is 13.5 Å². The normalized spacial score (nSPS) is 11.9. The van der Waals surface area contributed by atoms with Crippen LogP contribution in [0.5, 0.6) is 0 Å². The summed E-state index contributed by atoms with van der Waals surface area (Å²) in [4.78, 5) is 0.694. The lowest BCUT2D eigenvalue weighted by Gasteiger charge is -2.08. The monoisotopic (exact) mass is 317 g/mol. The van der Waals surface area contributed by atoms with E-state index in [0.29, 0.717) is 10.4 Å². The summed E-state index contributed by atoms with van der Waals surface area (Å²) in [5.41, 5.74) is 2.73. The van der Waals surface area contributed by atoms with Crippen molar-refractivity contribution in [2.45, 2.75) is 31.9 Å². The van der Waals surface area contributed by atoms with Gasteiger partial charge in [-0.3, -0.25) is 0 Å². The number of thiophene rings is 2. The molecule has 0 amide bonds. The molecular weight excluding hydrogens is 302 g/mol. The first-order valence-electron chi connectivity index (χ1n) is 5.65. The van der Waals surface area contributed by atoms with Gasteiger partial charge in [0.05, 0.1) is 11.5 Å². The van der Waals surface area contributed by atoms with E-state index in [1.165, 1.54) is 11.3 Å². The Morgan fingerprint density at radius 2 is 1.95 bits per heavy atom. The second kappa shape index (κ2) is 5.72. The molecule has 2 rings (SSSR count). The Balaban J connectivity index is 2.23. The number of rotatable bonds is 5. The number of nitrogens with one attached hydrogen (secondary N) is 1. The highest BCUT2D eigenvalue weighted by Gasteiger charge is 2.22. The summed E-state index contributed by atoms with van der Waals surface area (Å²) in [6, 6.07) is 0. The molecule has 0 bridgehead atoms. The summed E-state index contributed by atoms with van der Waals surface area (Å²) in [6.07, 6.45) is 0. The highest BCUT2D eigenvalue weighted by atomic mass is 32.2. The maximum absolute atomic E-state index is 12.3. The Morgan fingerprint density at radius 3 is 2.53 bits per heavy atom. The highest BCUT2D eigenvalue weighted by molar-refractivity contribution is 7.89. The van der Waals surface area contributed by atoms with Crippen molar-refractivity contribution >= 4 is 32.7 Å². The Bertz CT molecular complexity index is 670. The predicted molar refractivity (Wildman–Crippen MR) is 78.1 cm³/mol. The smallest absolute Gasteiger partial charge is 0.242 e. The van der Waals surface area contributed by atoms with Crippen molar-refractivity contribution in [3.8, 4) is 0 Å². The van der Waals surface area contributed by atoms with Gasteiger partial charge in [-0.1, -0.05) is 0 Å². The summed E-state index contributed by atoms with van der Waals surface area (Å²) in [5, 5.41) is 14.9. The van der Waals surface area contributed by atoms with Crippen LogP contribution < -0.4 is 4.72 Å². The van der Waals surface area contributed by atoms with Crippen LogP contribution in [0, 0.1) is 13.8 Å². The van der Waals surface area contributed by atoms with Gasteiger partial charge in [0.25, 0.3) is 0 Å². The third-order valence-electron chi connectivity index (χ3n) is 2.82. The van der Waals surface area contributed by atoms with Gasteiger partial charge in [-0.25, -0.2) is 13.1 Å². The molecule has 2 N–H and O–H groups in total. The first-order valence-corrected chi connectivity index (χ1v) is 8.95. The standard InChI is InChI=1S/C12H15NO3S3/c1-8-5-17-7-10(8)3-13-19(15,16)12-9(2)6-18-11(12)4-14/h5-7,13-14H,3-4H2,1-2H3. The molecule has 0 aliphatic heterocycles. The van der Waals surface area contributed by atoms with Gasteiger partial charge in [-0.05, 0) is 46.7 Å². The Labute approximate surface area is 120 Å². The molecule has 0 atom stereocenters. The molecule has 2 aromatic rings. The fraction of sp³-hybridized carbons (Fsp3) is 0.333. The van der Waals surface area contributed by atoms with Gasteiger partial charge in [0.15, 0.2) is 0 Å². The van der Waals surface area contributed by atoms with Gasteiger partial charge in [-0.2, -0.15) is 11.3 Å². The lowest BCUT2D eigenvalue weighted by Crippen LogP contribution is -2.24. The molecule has 0 aromatic carbocycles. The zero-order valence-corrected chi connectivity index (χ0v) is 13.1. The predicted octanol–water partition coefficient (Wildman–Crippen LogP) is 2.40. The van der Waals surface area contributed by atoms with Crippen molar-refractivity contribution in [1.29, 1.82) is 0 Å². The summed E-state index contributed by atoms with van der Waals surface area (Å²) in [6.45, 7) is 3.71. The van der Waals surface area contributed by atoms with Crippen LogP contribution in [0.3, 0.4) is 0 Å². The van der Waals surface area contributed by atoms with E-state index in [1.54, 1.807) is 23.6 Å². The van der Waals surface area contributed by atoms with Gasteiger partial charge in [0.1, 0.15) is 4.90 Å². The molecule has 7 heteroatoms. The number of hydrogen-bond donors (Lipinski definition) is 2. The average Bonchev–Trinajstić information content (AvgIpc) is 2.93. The molecule has 2 aromatic heterocycles. The van der Waals surface area contributed by atoms with Gasteiger partial charge in [0.2, 0.25) is 10.0 Å². The van der Waals surface area contributed by atoms with Crippen LogP contribution >= 0.6 is 22.7 Å². The van der Waals surface area contributed by atoms with E-state index in [9.17, 15) is 13.5 Å². The maximum Gasteiger partial charge on any atom is 0.242 e. The van der Waals surface area contributed by atoms with Crippen molar-refractivity contribution < 1.29 is 13.5 Å². The van der Waals surface area contributed by atoms with Gasteiger partial charge < -0.3 is 5.11 Å². The number of aliphatic hydroxyl groups is 1. The van der Waals surface area contributed by atoms with Crippen molar-refractivity contribution in [2.24, 2.45) is 0 Å². The van der Waals surface area contributed by atoms with E-state index in [0.717, 1.165) is 11.1 Å². The second-order valence-electron chi connectivity index (χ2n) is 4.23. The fourth-order valence-corrected chi connectivity index (χ4v) is 5.29. The highest BCUT2D eigenvalue weighted by Crippen LogP contribution is 2.27. The van der Waals surface area contributed by atoms with Crippen LogP contribution in [-0.2, 0) is 23.2 Å². The van der Waals surface area contributed by atoms with Crippen molar-refractivity contribution in [3.63, 3.8) is 0 Å². The lowest BCUT2D eigenvalue weighted by molar-refractivity contribution is 0.282. The van der Waals surface area contributed by atoms with Crippen LogP contribution in [0.2, 0.25) is 0 Å². The maximum atomic E-state index is 12.3. The molecule has 104 valence electrons. The van der Waals surface area contributed by atoms with E-state index >= 15 is 0 Å². The third kappa shape index (κ3) is 3.06. The van der Waals surface area contributed by atoms with Crippen LogP contribution in [0.25, 0.3) is 0 Å². The van der Waals surface area contributed by atoms with Crippen LogP contribution in [0.1, 0.15) is 21.6 Å². The van der Waals surface area contributed by atoms with E-state index in [2.05, 4.69) is 4.72 Å². The first kappa shape index (κ1) is 14.7. The largest absolute Gasteiger partial charge is 0.391 e. The average molecular weight is 317 g/mol. The van der Waals surface area contributed by atoms with Gasteiger partial charge in [0, 0.05) is 6.54 Å². The minimum atomic E-state index is -3.58. The summed E-state index contributed by atoms with van der Waals surface area (Å²) < 4.78 is 27.2. The summed E-state index contributed by atoms with van der Waals surface area (Å²) in [5.74, 6) is 0. The molecule has 0 radical (unpaired) electrons. The second-order valence-corrected chi connectivity index (χ2v) is 7.65.